The van der Waals surface area contributed by atoms with Gasteiger partial charge in [-0.15, -0.1) is 0 Å². The third-order valence-electron chi connectivity index (χ3n) is 3.39. The monoisotopic (exact) mass is 305 g/mol. The van der Waals surface area contributed by atoms with Crippen molar-refractivity contribution in [1.29, 1.82) is 0 Å². The molecule has 0 radical (unpaired) electrons. The minimum absolute atomic E-state index is 0.471. The van der Waals surface area contributed by atoms with Gasteiger partial charge < -0.3 is 14.6 Å². The Morgan fingerprint density at radius 2 is 1.95 bits per heavy atom. The van der Waals surface area contributed by atoms with Gasteiger partial charge in [-0.05, 0) is 35.4 Å². The average Bonchev–Trinajstić information content (AvgIpc) is 2.74. The largest absolute Gasteiger partial charge is 0.489 e. The zero-order valence-electron chi connectivity index (χ0n) is 11.5. The summed E-state index contributed by atoms with van der Waals surface area (Å²) in [5, 5.41) is 10.9. The standard InChI is InChI=1S/C16H16ClNO3/c17-13-9-12(10-15-16(13)21-7-1-6-20-15)14(19)8-11-2-4-18-5-3-11/h2-5,9-10,14,19H,1,6-8H2. The van der Waals surface area contributed by atoms with Crippen molar-refractivity contribution in [3.8, 4) is 11.5 Å². The van der Waals surface area contributed by atoms with Crippen molar-refractivity contribution in [3.63, 3.8) is 0 Å². The van der Waals surface area contributed by atoms with Gasteiger partial charge in [0, 0.05) is 25.2 Å². The Kier molecular flexibility index (Phi) is 4.27. The van der Waals surface area contributed by atoms with Crippen LogP contribution in [0.25, 0.3) is 0 Å². The van der Waals surface area contributed by atoms with E-state index in [0.717, 1.165) is 17.5 Å². The van der Waals surface area contributed by atoms with Gasteiger partial charge in [-0.25, -0.2) is 0 Å². The number of pyridine rings is 1. The number of hydrogen-bond acceptors (Lipinski definition) is 4. The lowest BCUT2D eigenvalue weighted by Crippen LogP contribution is -2.03. The van der Waals surface area contributed by atoms with Gasteiger partial charge in [0.1, 0.15) is 0 Å². The number of benzene rings is 1. The number of aromatic nitrogens is 1. The maximum atomic E-state index is 10.4. The maximum Gasteiger partial charge on any atom is 0.179 e. The fraction of sp³-hybridized carbons (Fsp3) is 0.312. The normalized spacial score (nSPS) is 15.3. The van der Waals surface area contributed by atoms with Crippen LogP contribution in [0.15, 0.2) is 36.7 Å². The predicted octanol–water partition coefficient (Wildman–Crippen LogP) is 3.17. The summed E-state index contributed by atoms with van der Waals surface area (Å²) >= 11 is 6.24. The first-order chi connectivity index (χ1) is 10.2. The van der Waals surface area contributed by atoms with E-state index in [1.54, 1.807) is 24.5 Å². The Bertz CT molecular complexity index is 618. The molecule has 5 heteroatoms. The molecule has 2 heterocycles. The van der Waals surface area contributed by atoms with Gasteiger partial charge in [-0.3, -0.25) is 4.98 Å². The van der Waals surface area contributed by atoms with E-state index in [0.29, 0.717) is 36.2 Å². The summed E-state index contributed by atoms with van der Waals surface area (Å²) < 4.78 is 11.2. The van der Waals surface area contributed by atoms with Crippen LogP contribution < -0.4 is 9.47 Å². The van der Waals surface area contributed by atoms with E-state index in [2.05, 4.69) is 4.98 Å². The number of fused-ring (bicyclic) bond motifs is 1. The molecular weight excluding hydrogens is 290 g/mol. The maximum absolute atomic E-state index is 10.4. The lowest BCUT2D eigenvalue weighted by molar-refractivity contribution is 0.178. The molecule has 1 aliphatic rings. The molecule has 0 saturated carbocycles. The number of aliphatic hydroxyl groups excluding tert-OH is 1. The highest BCUT2D eigenvalue weighted by atomic mass is 35.5. The number of hydrogen-bond donors (Lipinski definition) is 1. The number of ether oxygens (including phenoxy) is 2. The van der Waals surface area contributed by atoms with E-state index in [4.69, 9.17) is 21.1 Å². The fourth-order valence-electron chi connectivity index (χ4n) is 2.30. The van der Waals surface area contributed by atoms with E-state index in [-0.39, 0.29) is 0 Å². The lowest BCUT2D eigenvalue weighted by atomic mass is 10.0. The third kappa shape index (κ3) is 3.28. The molecule has 21 heavy (non-hydrogen) atoms. The number of halogens is 1. The SMILES string of the molecule is OC(Cc1ccncc1)c1cc(Cl)c2c(c1)OCCCO2. The van der Waals surface area contributed by atoms with Crippen LogP contribution in [0, 0.1) is 0 Å². The van der Waals surface area contributed by atoms with Gasteiger partial charge >= 0.3 is 0 Å². The molecule has 1 aromatic heterocycles. The van der Waals surface area contributed by atoms with E-state index in [1.165, 1.54) is 0 Å². The molecule has 0 fully saturated rings. The first kappa shape index (κ1) is 14.2. The van der Waals surface area contributed by atoms with Crippen molar-refractivity contribution in [2.45, 2.75) is 18.9 Å². The van der Waals surface area contributed by atoms with Gasteiger partial charge in [-0.1, -0.05) is 11.6 Å². The summed E-state index contributed by atoms with van der Waals surface area (Å²) in [5.41, 5.74) is 1.74. The van der Waals surface area contributed by atoms with Gasteiger partial charge in [-0.2, -0.15) is 0 Å². The topological polar surface area (TPSA) is 51.6 Å². The van der Waals surface area contributed by atoms with Crippen LogP contribution in [-0.2, 0) is 6.42 Å². The highest BCUT2D eigenvalue weighted by Gasteiger charge is 2.18. The second-order valence-corrected chi connectivity index (χ2v) is 5.36. The van der Waals surface area contributed by atoms with Crippen LogP contribution >= 0.6 is 11.6 Å². The van der Waals surface area contributed by atoms with Gasteiger partial charge in [0.2, 0.25) is 0 Å². The predicted molar refractivity (Wildman–Crippen MR) is 80.0 cm³/mol. The molecule has 0 spiro atoms. The first-order valence-corrected chi connectivity index (χ1v) is 7.28. The van der Waals surface area contributed by atoms with Crippen molar-refractivity contribution in [2.24, 2.45) is 0 Å². The van der Waals surface area contributed by atoms with E-state index >= 15 is 0 Å². The molecule has 3 rings (SSSR count). The molecule has 0 saturated heterocycles. The molecule has 1 aliphatic heterocycles. The van der Waals surface area contributed by atoms with Crippen molar-refractivity contribution in [2.75, 3.05) is 13.2 Å². The Hall–Kier alpha value is -1.78. The molecular formula is C16H16ClNO3. The highest BCUT2D eigenvalue weighted by molar-refractivity contribution is 6.32. The lowest BCUT2D eigenvalue weighted by Gasteiger charge is -2.15. The molecule has 2 aromatic rings. The third-order valence-corrected chi connectivity index (χ3v) is 3.67. The van der Waals surface area contributed by atoms with Crippen molar-refractivity contribution < 1.29 is 14.6 Å². The number of rotatable bonds is 3. The summed E-state index contributed by atoms with van der Waals surface area (Å²) in [4.78, 5) is 3.97. The molecule has 1 aromatic carbocycles. The summed E-state index contributed by atoms with van der Waals surface area (Å²) in [6, 6.07) is 7.31. The Morgan fingerprint density at radius 3 is 2.76 bits per heavy atom. The Labute approximate surface area is 128 Å². The van der Waals surface area contributed by atoms with Gasteiger partial charge in [0.15, 0.2) is 11.5 Å². The van der Waals surface area contributed by atoms with Gasteiger partial charge in [0.25, 0.3) is 0 Å². The van der Waals surface area contributed by atoms with E-state index in [9.17, 15) is 5.11 Å². The zero-order chi connectivity index (χ0) is 14.7. The molecule has 4 nitrogen and oxygen atoms in total. The van der Waals surface area contributed by atoms with Gasteiger partial charge in [0.05, 0.1) is 24.3 Å². The summed E-state index contributed by atoms with van der Waals surface area (Å²) in [6.07, 6.45) is 4.09. The molecule has 110 valence electrons. The van der Waals surface area contributed by atoms with Crippen molar-refractivity contribution in [1.82, 2.24) is 4.98 Å². The van der Waals surface area contributed by atoms with E-state index < -0.39 is 6.10 Å². The zero-order valence-corrected chi connectivity index (χ0v) is 12.2. The molecule has 0 bridgehead atoms. The Morgan fingerprint density at radius 1 is 1.19 bits per heavy atom. The average molecular weight is 306 g/mol. The van der Waals surface area contributed by atoms with Crippen LogP contribution in [0.5, 0.6) is 11.5 Å². The number of aliphatic hydroxyl groups is 1. The van der Waals surface area contributed by atoms with Crippen LogP contribution in [0.3, 0.4) is 0 Å². The molecule has 0 amide bonds. The molecule has 0 aliphatic carbocycles. The summed E-state index contributed by atoms with van der Waals surface area (Å²) in [7, 11) is 0. The summed E-state index contributed by atoms with van der Waals surface area (Å²) in [6.45, 7) is 1.18. The quantitative estimate of drug-likeness (QED) is 0.946. The minimum atomic E-state index is -0.651. The highest BCUT2D eigenvalue weighted by Crippen LogP contribution is 2.39. The van der Waals surface area contributed by atoms with Crippen molar-refractivity contribution >= 4 is 11.6 Å². The summed E-state index contributed by atoms with van der Waals surface area (Å²) in [5.74, 6) is 1.16. The van der Waals surface area contributed by atoms with Crippen LogP contribution in [0.1, 0.15) is 23.7 Å². The van der Waals surface area contributed by atoms with Crippen LogP contribution in [0.2, 0.25) is 5.02 Å². The minimum Gasteiger partial charge on any atom is -0.489 e. The second kappa shape index (κ2) is 6.33. The fourth-order valence-corrected chi connectivity index (χ4v) is 2.58. The molecule has 1 unspecified atom stereocenters. The van der Waals surface area contributed by atoms with E-state index in [1.807, 2.05) is 12.1 Å². The van der Waals surface area contributed by atoms with Crippen LogP contribution in [-0.4, -0.2) is 23.3 Å². The Balaban J connectivity index is 1.85. The smallest absolute Gasteiger partial charge is 0.179 e. The second-order valence-electron chi connectivity index (χ2n) is 4.96. The van der Waals surface area contributed by atoms with Crippen LogP contribution in [0.4, 0.5) is 0 Å². The number of nitrogens with zero attached hydrogens (tertiary/aromatic N) is 1. The molecule has 1 atom stereocenters. The van der Waals surface area contributed by atoms with Crippen molar-refractivity contribution in [3.05, 3.63) is 52.8 Å². The molecule has 1 N–H and O–H groups in total. The first-order valence-electron chi connectivity index (χ1n) is 6.90.